The van der Waals surface area contributed by atoms with E-state index in [-0.39, 0.29) is 5.48 Å². The van der Waals surface area contributed by atoms with Crippen LogP contribution in [0, 0.1) is 0 Å². The van der Waals surface area contributed by atoms with Gasteiger partial charge in [0.25, 0.3) is 0 Å². The van der Waals surface area contributed by atoms with Crippen LogP contribution in [0.3, 0.4) is 0 Å². The molecule has 0 bridgehead atoms. The van der Waals surface area contributed by atoms with E-state index in [0.29, 0.717) is 0 Å². The summed E-state index contributed by atoms with van der Waals surface area (Å²) in [6.07, 6.45) is 11.8. The molecule has 1 nitrogen and oxygen atoms in total. The van der Waals surface area contributed by atoms with Gasteiger partial charge in [0.05, 0.1) is 24.6 Å². The first kappa shape index (κ1) is 16.8. The topological polar surface area (TPSA) is 30.0 Å². The van der Waals surface area contributed by atoms with Crippen LogP contribution in [-0.4, -0.2) is 30.1 Å². The highest BCUT2D eigenvalue weighted by molar-refractivity contribution is 7.75. The summed E-state index contributed by atoms with van der Waals surface area (Å²) in [7, 11) is -0.491. The van der Waals surface area contributed by atoms with Crippen LogP contribution in [0.25, 0.3) is 0 Å². The third-order valence-corrected chi connectivity index (χ3v) is 8.53. The highest BCUT2D eigenvalue weighted by Crippen LogP contribution is 2.59. The summed E-state index contributed by atoms with van der Waals surface area (Å²) in [4.78, 5) is 0. The molecule has 88 valence electrons. The summed E-state index contributed by atoms with van der Waals surface area (Å²) in [6.45, 7) is 9.48. The van der Waals surface area contributed by atoms with Gasteiger partial charge in [0.2, 0.25) is 0 Å². The van der Waals surface area contributed by atoms with Crippen LogP contribution in [0.15, 0.2) is 0 Å². The van der Waals surface area contributed by atoms with Crippen molar-refractivity contribution in [3.63, 3.8) is 0 Å². The van der Waals surface area contributed by atoms with Crippen LogP contribution in [-0.2, 0) is 0 Å². The molecule has 0 heterocycles. The van der Waals surface area contributed by atoms with E-state index >= 15 is 0 Å². The maximum Gasteiger partial charge on any atom is 0.0594 e. The Morgan fingerprint density at radius 3 is 1.29 bits per heavy atom. The second-order valence-electron chi connectivity index (χ2n) is 4.13. The Morgan fingerprint density at radius 2 is 1.07 bits per heavy atom. The van der Waals surface area contributed by atoms with Gasteiger partial charge >= 0.3 is 0 Å². The molecule has 14 heavy (non-hydrogen) atoms. The Bertz CT molecular complexity index is 101. The molecule has 0 unspecified atom stereocenters. The van der Waals surface area contributed by atoms with E-state index in [1.165, 1.54) is 38.0 Å². The van der Waals surface area contributed by atoms with E-state index in [9.17, 15) is 0 Å². The third-order valence-electron chi connectivity index (χ3n) is 3.31. The molecule has 1 N–H and O–H groups in total. The molecular formula is C12H29OP. The highest BCUT2D eigenvalue weighted by atomic mass is 31.2. The second-order valence-corrected chi connectivity index (χ2v) is 8.97. The quantitative estimate of drug-likeness (QED) is 0.555. The standard InChI is InChI=1S/C12H28P.H2O/c1-5-9-11-13(7-3,8-4)12-10-6-2;/h5-12H2,1-4H3;1H2/q+1;/p-1. The Morgan fingerprint density at radius 1 is 0.714 bits per heavy atom. The molecule has 0 aliphatic rings. The van der Waals surface area contributed by atoms with E-state index < -0.39 is 7.26 Å². The van der Waals surface area contributed by atoms with Gasteiger partial charge in [0.15, 0.2) is 0 Å². The van der Waals surface area contributed by atoms with Gasteiger partial charge in [-0.25, -0.2) is 0 Å². The molecule has 0 saturated carbocycles. The van der Waals surface area contributed by atoms with E-state index in [1.807, 2.05) is 0 Å². The van der Waals surface area contributed by atoms with Crippen LogP contribution in [0.4, 0.5) is 0 Å². The fraction of sp³-hybridized carbons (Fsp3) is 1.00. The van der Waals surface area contributed by atoms with Gasteiger partial charge in [-0.2, -0.15) is 0 Å². The maximum atomic E-state index is 2.42. The van der Waals surface area contributed by atoms with Crippen molar-refractivity contribution >= 4 is 7.26 Å². The van der Waals surface area contributed by atoms with Gasteiger partial charge in [-0.05, 0) is 26.7 Å². The van der Waals surface area contributed by atoms with Gasteiger partial charge in [-0.15, -0.1) is 0 Å². The molecule has 0 atom stereocenters. The first-order chi connectivity index (χ1) is 6.24. The van der Waals surface area contributed by atoms with Crippen LogP contribution < -0.4 is 0 Å². The lowest BCUT2D eigenvalue weighted by Crippen LogP contribution is -2.09. The number of hydrogen-bond donors (Lipinski definition) is 0. The van der Waals surface area contributed by atoms with Gasteiger partial charge in [-0.3, -0.25) is 0 Å². The van der Waals surface area contributed by atoms with Crippen LogP contribution in [0.2, 0.25) is 0 Å². The normalized spacial score (nSPS) is 11.1. The molecule has 0 aliphatic heterocycles. The van der Waals surface area contributed by atoms with Crippen molar-refractivity contribution in [1.29, 1.82) is 0 Å². The van der Waals surface area contributed by atoms with Gasteiger partial charge < -0.3 is 5.48 Å². The molecule has 0 aromatic heterocycles. The molecule has 0 fully saturated rings. The zero-order valence-corrected chi connectivity index (χ0v) is 11.4. The minimum atomic E-state index is -0.491. The lowest BCUT2D eigenvalue weighted by atomic mass is 10.4. The Hall–Kier alpha value is 0.390. The minimum absolute atomic E-state index is 0. The number of hydrogen-bond acceptors (Lipinski definition) is 1. The van der Waals surface area contributed by atoms with E-state index in [2.05, 4.69) is 27.7 Å². The number of unbranched alkanes of at least 4 members (excludes halogenated alkanes) is 2. The van der Waals surface area contributed by atoms with Crippen molar-refractivity contribution in [1.82, 2.24) is 0 Å². The lowest BCUT2D eigenvalue weighted by molar-refractivity contribution is 0.824. The monoisotopic (exact) mass is 220 g/mol. The number of rotatable bonds is 8. The molecule has 0 rings (SSSR count). The summed E-state index contributed by atoms with van der Waals surface area (Å²) in [5.41, 5.74) is 0. The summed E-state index contributed by atoms with van der Waals surface area (Å²) >= 11 is 0. The molecule has 2 heteroatoms. The van der Waals surface area contributed by atoms with Crippen molar-refractivity contribution in [3.8, 4) is 0 Å². The van der Waals surface area contributed by atoms with Crippen molar-refractivity contribution in [2.24, 2.45) is 0 Å². The third kappa shape index (κ3) is 5.98. The minimum Gasteiger partial charge on any atom is -0.870 e. The van der Waals surface area contributed by atoms with Crippen molar-refractivity contribution < 1.29 is 5.48 Å². The van der Waals surface area contributed by atoms with Crippen LogP contribution in [0.5, 0.6) is 0 Å². The van der Waals surface area contributed by atoms with E-state index in [1.54, 1.807) is 12.3 Å². The van der Waals surface area contributed by atoms with Crippen LogP contribution in [0.1, 0.15) is 53.4 Å². The van der Waals surface area contributed by atoms with Crippen LogP contribution >= 0.6 is 7.26 Å². The summed E-state index contributed by atoms with van der Waals surface area (Å²) in [5, 5.41) is 0. The predicted molar refractivity (Wildman–Crippen MR) is 69.5 cm³/mol. The van der Waals surface area contributed by atoms with Gasteiger partial charge in [-0.1, -0.05) is 26.7 Å². The average Bonchev–Trinajstić information content (AvgIpc) is 2.20. The first-order valence-electron chi connectivity index (χ1n) is 6.09. The molecule has 0 saturated heterocycles. The Balaban J connectivity index is 0. The van der Waals surface area contributed by atoms with Gasteiger partial charge in [0.1, 0.15) is 0 Å². The van der Waals surface area contributed by atoms with Crippen molar-refractivity contribution in [2.75, 3.05) is 24.6 Å². The molecule has 0 aliphatic carbocycles. The Labute approximate surface area is 91.3 Å². The highest BCUT2D eigenvalue weighted by Gasteiger charge is 2.31. The smallest absolute Gasteiger partial charge is 0.0594 e. The van der Waals surface area contributed by atoms with E-state index in [4.69, 9.17) is 0 Å². The summed E-state index contributed by atoms with van der Waals surface area (Å²) in [5.74, 6) is 0. The second kappa shape index (κ2) is 9.93. The fourth-order valence-electron chi connectivity index (χ4n) is 1.95. The molecule has 0 spiro atoms. The molecule has 0 amide bonds. The summed E-state index contributed by atoms with van der Waals surface area (Å²) in [6, 6.07) is 0. The molecule has 0 aromatic rings. The summed E-state index contributed by atoms with van der Waals surface area (Å²) < 4.78 is 0. The molecule has 0 aromatic carbocycles. The largest absolute Gasteiger partial charge is 0.870 e. The predicted octanol–water partition coefficient (Wildman–Crippen LogP) is 4.47. The maximum absolute atomic E-state index is 2.42. The van der Waals surface area contributed by atoms with Crippen molar-refractivity contribution in [3.05, 3.63) is 0 Å². The molecule has 0 radical (unpaired) electrons. The Kier molecular flexibility index (Phi) is 11.9. The van der Waals surface area contributed by atoms with Crippen molar-refractivity contribution in [2.45, 2.75) is 53.4 Å². The molecular weight excluding hydrogens is 191 g/mol. The first-order valence-corrected chi connectivity index (χ1v) is 8.62. The fourth-order valence-corrected chi connectivity index (χ4v) is 5.86. The van der Waals surface area contributed by atoms with E-state index in [0.717, 1.165) is 0 Å². The lowest BCUT2D eigenvalue weighted by Gasteiger charge is -2.24. The SMILES string of the molecule is CCCC[P+](CC)(CC)CCCC.[OH-]. The zero-order chi connectivity index (χ0) is 10.2. The zero-order valence-electron chi connectivity index (χ0n) is 10.6. The van der Waals surface area contributed by atoms with Gasteiger partial charge in [0, 0.05) is 7.26 Å². The average molecular weight is 220 g/mol.